The van der Waals surface area contributed by atoms with E-state index >= 15 is 0 Å². The molecule has 2 saturated heterocycles. The summed E-state index contributed by atoms with van der Waals surface area (Å²) >= 11 is 0. The molecule has 0 amide bonds. The number of benzene rings is 6. The van der Waals surface area contributed by atoms with Crippen LogP contribution in [0.25, 0.3) is 0 Å². The first-order valence-electron chi connectivity index (χ1n) is 23.2. The number of nitrogens with zero attached hydrogens (tertiary/aromatic N) is 4. The SMILES string of the molecule is Cc1cc(C)c(N2CN(c3c(C)cc(C)cc3C)C(c3ccccc3)C2c2ccccc2)c(C)c1.Cc1cc(C)c(N2CN(c3c(C)cc(C)cc3C)C3CCCCC32)c(C)c1. The molecule has 6 aromatic carbocycles. The second-order valence-electron chi connectivity index (χ2n) is 19.3. The molecule has 322 valence electrons. The Morgan fingerprint density at radius 1 is 0.323 bits per heavy atom. The van der Waals surface area contributed by atoms with E-state index in [4.69, 9.17) is 0 Å². The Balaban J connectivity index is 0.000000176. The Labute approximate surface area is 374 Å². The van der Waals surface area contributed by atoms with Gasteiger partial charge in [0, 0.05) is 22.7 Å². The average molecular weight is 823 g/mol. The maximum absolute atomic E-state index is 2.73. The van der Waals surface area contributed by atoms with Gasteiger partial charge in [0.15, 0.2) is 0 Å². The minimum atomic E-state index is 0.193. The number of fused-ring (bicyclic) bond motifs is 1. The Hall–Kier alpha value is -5.48. The summed E-state index contributed by atoms with van der Waals surface area (Å²) in [6.45, 7) is 28.9. The smallest absolute Gasteiger partial charge is 0.0917 e. The maximum Gasteiger partial charge on any atom is 0.0917 e. The van der Waals surface area contributed by atoms with E-state index in [-0.39, 0.29) is 12.1 Å². The van der Waals surface area contributed by atoms with Crippen LogP contribution in [0.3, 0.4) is 0 Å². The molecule has 4 unspecified atom stereocenters. The highest BCUT2D eigenvalue weighted by atomic mass is 15.4. The zero-order valence-corrected chi connectivity index (χ0v) is 39.7. The molecule has 3 fully saturated rings. The van der Waals surface area contributed by atoms with Crippen LogP contribution in [0.15, 0.2) is 109 Å². The molecule has 0 radical (unpaired) electrons. The lowest BCUT2D eigenvalue weighted by Crippen LogP contribution is -2.40. The van der Waals surface area contributed by atoms with Gasteiger partial charge in [-0.2, -0.15) is 0 Å². The van der Waals surface area contributed by atoms with Gasteiger partial charge >= 0.3 is 0 Å². The van der Waals surface area contributed by atoms with E-state index in [0.717, 1.165) is 13.3 Å². The molecule has 4 heteroatoms. The molecule has 0 aromatic heterocycles. The van der Waals surface area contributed by atoms with Gasteiger partial charge in [0.25, 0.3) is 0 Å². The van der Waals surface area contributed by atoms with E-state index in [1.807, 2.05) is 0 Å². The molecule has 0 bridgehead atoms. The summed E-state index contributed by atoms with van der Waals surface area (Å²) in [7, 11) is 0. The summed E-state index contributed by atoms with van der Waals surface area (Å²) in [5, 5.41) is 0. The van der Waals surface area contributed by atoms with Crippen LogP contribution in [0, 0.1) is 83.1 Å². The lowest BCUT2D eigenvalue weighted by molar-refractivity contribution is 0.408. The van der Waals surface area contributed by atoms with Crippen LogP contribution < -0.4 is 19.6 Å². The third-order valence-electron chi connectivity index (χ3n) is 14.0. The molecule has 4 nitrogen and oxygen atoms in total. The zero-order chi connectivity index (χ0) is 44.0. The Morgan fingerprint density at radius 2 is 0.565 bits per heavy atom. The summed E-state index contributed by atoms with van der Waals surface area (Å²) in [5.74, 6) is 0. The first-order chi connectivity index (χ1) is 29.7. The van der Waals surface area contributed by atoms with Gasteiger partial charge in [-0.3, -0.25) is 0 Å². The summed E-state index contributed by atoms with van der Waals surface area (Å²) < 4.78 is 0. The second kappa shape index (κ2) is 17.7. The van der Waals surface area contributed by atoms with Crippen molar-refractivity contribution in [3.05, 3.63) is 187 Å². The number of aryl methyl sites for hydroxylation is 12. The quantitative estimate of drug-likeness (QED) is 0.166. The molecule has 62 heavy (non-hydrogen) atoms. The third-order valence-corrected chi connectivity index (χ3v) is 14.0. The number of hydrogen-bond donors (Lipinski definition) is 0. The summed E-state index contributed by atoms with van der Waals surface area (Å²) in [5.41, 5.74) is 24.8. The fraction of sp³-hybridized carbons (Fsp3) is 0.379. The first kappa shape index (κ1) is 43.2. The normalized spacial score (nSPS) is 19.7. The second-order valence-corrected chi connectivity index (χ2v) is 19.3. The molecule has 2 heterocycles. The van der Waals surface area contributed by atoms with Crippen molar-refractivity contribution in [1.29, 1.82) is 0 Å². The van der Waals surface area contributed by atoms with Gasteiger partial charge < -0.3 is 19.6 Å². The van der Waals surface area contributed by atoms with E-state index in [1.165, 1.54) is 126 Å². The Bertz CT molecular complexity index is 2290. The molecule has 1 saturated carbocycles. The van der Waals surface area contributed by atoms with Crippen LogP contribution in [-0.2, 0) is 0 Å². The highest BCUT2D eigenvalue weighted by molar-refractivity contribution is 5.71. The molecule has 0 N–H and O–H groups in total. The summed E-state index contributed by atoms with van der Waals surface area (Å²) in [6, 6.07) is 42.5. The van der Waals surface area contributed by atoms with E-state index in [0.29, 0.717) is 12.1 Å². The molecule has 0 spiro atoms. The fourth-order valence-corrected chi connectivity index (χ4v) is 12.3. The van der Waals surface area contributed by atoms with Crippen LogP contribution in [0.4, 0.5) is 22.7 Å². The fourth-order valence-electron chi connectivity index (χ4n) is 12.3. The molecule has 6 aromatic rings. The number of anilines is 4. The molecular weight excluding hydrogens is 753 g/mol. The highest BCUT2D eigenvalue weighted by Crippen LogP contribution is 2.51. The van der Waals surface area contributed by atoms with E-state index in [2.05, 4.69) is 212 Å². The molecule has 4 atom stereocenters. The van der Waals surface area contributed by atoms with Crippen molar-refractivity contribution in [2.24, 2.45) is 0 Å². The lowest BCUT2D eigenvalue weighted by atomic mass is 9.88. The van der Waals surface area contributed by atoms with Crippen molar-refractivity contribution in [2.45, 2.75) is 133 Å². The van der Waals surface area contributed by atoms with Crippen LogP contribution in [0.2, 0.25) is 0 Å². The Morgan fingerprint density at radius 3 is 0.839 bits per heavy atom. The van der Waals surface area contributed by atoms with Crippen molar-refractivity contribution in [3.63, 3.8) is 0 Å². The lowest BCUT2D eigenvalue weighted by Gasteiger charge is -2.35. The van der Waals surface area contributed by atoms with Gasteiger partial charge in [0.05, 0.1) is 37.5 Å². The number of hydrogen-bond acceptors (Lipinski definition) is 4. The summed E-state index contributed by atoms with van der Waals surface area (Å²) in [6.07, 6.45) is 5.36. The predicted molar refractivity (Wildman–Crippen MR) is 267 cm³/mol. The van der Waals surface area contributed by atoms with Gasteiger partial charge in [-0.1, -0.05) is 144 Å². The van der Waals surface area contributed by atoms with E-state index in [9.17, 15) is 0 Å². The van der Waals surface area contributed by atoms with Crippen molar-refractivity contribution in [1.82, 2.24) is 0 Å². The number of rotatable bonds is 6. The molecule has 2 aliphatic heterocycles. The van der Waals surface area contributed by atoms with E-state index < -0.39 is 0 Å². The predicted octanol–water partition coefficient (Wildman–Crippen LogP) is 14.4. The van der Waals surface area contributed by atoms with Crippen LogP contribution >= 0.6 is 0 Å². The van der Waals surface area contributed by atoms with Crippen molar-refractivity contribution < 1.29 is 0 Å². The monoisotopic (exact) mass is 823 g/mol. The van der Waals surface area contributed by atoms with Gasteiger partial charge in [-0.15, -0.1) is 0 Å². The zero-order valence-electron chi connectivity index (χ0n) is 39.7. The van der Waals surface area contributed by atoms with E-state index in [1.54, 1.807) is 0 Å². The maximum atomic E-state index is 2.73. The van der Waals surface area contributed by atoms with Crippen molar-refractivity contribution in [2.75, 3.05) is 32.9 Å². The highest BCUT2D eigenvalue weighted by Gasteiger charge is 2.45. The Kier molecular flexibility index (Phi) is 12.3. The molecule has 9 rings (SSSR count). The largest absolute Gasteiger partial charge is 0.348 e. The molecule has 3 aliphatic rings. The molecule has 1 aliphatic carbocycles. The summed E-state index contributed by atoms with van der Waals surface area (Å²) in [4.78, 5) is 10.8. The molecular formula is C58H70N4. The van der Waals surface area contributed by atoms with Crippen molar-refractivity contribution >= 4 is 22.7 Å². The topological polar surface area (TPSA) is 13.0 Å². The minimum Gasteiger partial charge on any atom is -0.348 e. The van der Waals surface area contributed by atoms with Crippen LogP contribution in [0.5, 0.6) is 0 Å². The standard InChI is InChI=1S/C33H36N2.C25H34N2/c1-22-17-24(3)30(25(4)18-22)34-21-35(31-26(5)19-23(2)20-27(31)6)33(29-15-11-8-12-16-29)32(34)28-13-9-7-10-14-28;1-16-11-18(3)24(19(4)12-16)26-15-27(23-10-8-7-9-22(23)26)25-20(5)13-17(2)14-21(25)6/h7-20,32-33H,21H2,1-6H3;11-14,22-23H,7-10,15H2,1-6H3. The third kappa shape index (κ3) is 8.26. The first-order valence-corrected chi connectivity index (χ1v) is 23.2. The van der Waals surface area contributed by atoms with Crippen LogP contribution in [0.1, 0.15) is 116 Å². The van der Waals surface area contributed by atoms with Gasteiger partial charge in [-0.25, -0.2) is 0 Å². The van der Waals surface area contributed by atoms with Gasteiger partial charge in [-0.05, 0) is 152 Å². The minimum absolute atomic E-state index is 0.193. The van der Waals surface area contributed by atoms with Gasteiger partial charge in [0.2, 0.25) is 0 Å². The van der Waals surface area contributed by atoms with Crippen LogP contribution in [-0.4, -0.2) is 25.4 Å². The van der Waals surface area contributed by atoms with Gasteiger partial charge in [0.1, 0.15) is 0 Å². The average Bonchev–Trinajstić information content (AvgIpc) is 3.76. The van der Waals surface area contributed by atoms with Crippen molar-refractivity contribution in [3.8, 4) is 0 Å².